The van der Waals surface area contributed by atoms with Crippen molar-refractivity contribution in [3.63, 3.8) is 0 Å². The molecule has 0 spiro atoms. The molecule has 77 heavy (non-hydrogen) atoms. The molecule has 3 heteroatoms. The monoisotopic (exact) mass is 993 g/mol. The predicted octanol–water partition coefficient (Wildman–Crippen LogP) is 19.4. The number of hydrogen-bond donors (Lipinski definition) is 0. The van der Waals surface area contributed by atoms with E-state index >= 15 is 8.78 Å². The Labute approximate surface area is 450 Å². The molecule has 0 saturated heterocycles. The number of hydrogen-bond acceptors (Lipinski definition) is 1. The normalized spacial score (nSPS) is 15.7. The minimum absolute atomic E-state index is 0.252. The number of benzene rings is 11. The highest BCUT2D eigenvalue weighted by Crippen LogP contribution is 2.60. The van der Waals surface area contributed by atoms with Gasteiger partial charge in [0.25, 0.3) is 0 Å². The Bertz CT molecular complexity index is 3910. The van der Waals surface area contributed by atoms with Crippen molar-refractivity contribution >= 4 is 29.2 Å². The molecule has 2 aliphatic rings. The maximum absolute atomic E-state index is 16.3. The number of fused-ring (bicyclic) bond motifs is 6. The van der Waals surface area contributed by atoms with Gasteiger partial charge in [0, 0.05) is 17.1 Å². The second-order valence-electron chi connectivity index (χ2n) is 20.5. The van der Waals surface area contributed by atoms with Gasteiger partial charge in [-0.05, 0) is 180 Å². The van der Waals surface area contributed by atoms with Gasteiger partial charge in [0.2, 0.25) is 0 Å². The zero-order chi connectivity index (χ0) is 52.4. The van der Waals surface area contributed by atoms with Gasteiger partial charge < -0.3 is 4.90 Å². The van der Waals surface area contributed by atoms with Crippen LogP contribution in [0.1, 0.15) is 66.8 Å². The zero-order valence-corrected chi connectivity index (χ0v) is 42.9. The van der Waals surface area contributed by atoms with Crippen LogP contribution in [0.5, 0.6) is 0 Å². The smallest absolute Gasteiger partial charge is 0.126 e. The summed E-state index contributed by atoms with van der Waals surface area (Å²) in [6.45, 7) is 11.8. The van der Waals surface area contributed by atoms with Crippen molar-refractivity contribution in [1.82, 2.24) is 0 Å². The van der Waals surface area contributed by atoms with Crippen LogP contribution in [0.3, 0.4) is 0 Å². The van der Waals surface area contributed by atoms with Crippen LogP contribution in [-0.4, -0.2) is 0 Å². The molecule has 0 N–H and O–H groups in total. The van der Waals surface area contributed by atoms with Gasteiger partial charge in [-0.15, -0.1) is 0 Å². The molecule has 0 fully saturated rings. The lowest BCUT2D eigenvalue weighted by atomic mass is 9.67. The molecule has 2 atom stereocenters. The number of halogens is 2. The molecule has 2 aliphatic carbocycles. The van der Waals surface area contributed by atoms with E-state index in [0.29, 0.717) is 11.1 Å². The Morgan fingerprint density at radius 1 is 0.325 bits per heavy atom. The van der Waals surface area contributed by atoms with Gasteiger partial charge in [0.1, 0.15) is 11.6 Å². The molecule has 11 aromatic rings. The fourth-order valence-electron chi connectivity index (χ4n) is 12.5. The van der Waals surface area contributed by atoms with Crippen molar-refractivity contribution in [2.75, 3.05) is 4.90 Å². The Morgan fingerprint density at radius 2 is 0.714 bits per heavy atom. The van der Waals surface area contributed by atoms with Crippen LogP contribution >= 0.6 is 0 Å². The van der Waals surface area contributed by atoms with Gasteiger partial charge in [0.15, 0.2) is 0 Å². The van der Waals surface area contributed by atoms with Gasteiger partial charge >= 0.3 is 0 Å². The molecule has 0 radical (unpaired) electrons. The molecule has 0 amide bonds. The molecule has 368 valence electrons. The maximum atomic E-state index is 16.3. The van der Waals surface area contributed by atoms with E-state index in [9.17, 15) is 0 Å². The lowest BCUT2D eigenvalue weighted by Crippen LogP contribution is -2.29. The molecular formula is C74H53F2N. The van der Waals surface area contributed by atoms with Gasteiger partial charge in [0.05, 0.1) is 10.8 Å². The van der Waals surface area contributed by atoms with E-state index in [2.05, 4.69) is 236 Å². The van der Waals surface area contributed by atoms with Crippen LogP contribution in [0.25, 0.3) is 56.7 Å². The summed E-state index contributed by atoms with van der Waals surface area (Å²) in [5.74, 6) is -0.504. The van der Waals surface area contributed by atoms with Crippen molar-refractivity contribution in [3.8, 4) is 44.5 Å². The third kappa shape index (κ3) is 7.48. The highest BCUT2D eigenvalue weighted by Gasteiger charge is 2.48. The fourth-order valence-corrected chi connectivity index (χ4v) is 12.5. The molecule has 13 rings (SSSR count). The Kier molecular flexibility index (Phi) is 11.5. The van der Waals surface area contributed by atoms with Crippen molar-refractivity contribution in [2.24, 2.45) is 0 Å². The SMILES string of the molecule is C=Cc1ccc(C2(c3ccc(C)c(F)c3)c3ccccc3-c3ccc(N(c4ccc(-c5cccc(-c6ccccc6)c5)cc4)c4ccc5c(c4)C(c4ccc(C=C)cc4)(c4ccc(C)c(F)c4)c4ccccc4-5)cc32)cc1. The van der Waals surface area contributed by atoms with E-state index in [1.165, 1.54) is 0 Å². The van der Waals surface area contributed by atoms with Gasteiger partial charge in [-0.3, -0.25) is 0 Å². The van der Waals surface area contributed by atoms with Crippen LogP contribution in [0.4, 0.5) is 25.8 Å². The van der Waals surface area contributed by atoms with Gasteiger partial charge in [-0.2, -0.15) is 0 Å². The highest BCUT2D eigenvalue weighted by atomic mass is 19.1. The summed E-state index contributed by atoms with van der Waals surface area (Å²) in [4.78, 5) is 2.35. The van der Waals surface area contributed by atoms with Gasteiger partial charge in [-0.25, -0.2) is 8.78 Å². The lowest BCUT2D eigenvalue weighted by Gasteiger charge is -2.36. The van der Waals surface area contributed by atoms with Crippen molar-refractivity contribution in [1.29, 1.82) is 0 Å². The predicted molar refractivity (Wildman–Crippen MR) is 316 cm³/mol. The largest absolute Gasteiger partial charge is 0.310 e. The summed E-state index contributed by atoms with van der Waals surface area (Å²) in [5.41, 5.74) is 21.1. The van der Waals surface area contributed by atoms with E-state index in [-0.39, 0.29) is 11.6 Å². The molecule has 0 aliphatic heterocycles. The average molecular weight is 994 g/mol. The second-order valence-corrected chi connectivity index (χ2v) is 20.5. The molecule has 0 saturated carbocycles. The molecule has 1 nitrogen and oxygen atoms in total. The van der Waals surface area contributed by atoms with Crippen molar-refractivity contribution in [2.45, 2.75) is 24.7 Å². The van der Waals surface area contributed by atoms with E-state index in [1.807, 2.05) is 44.2 Å². The third-order valence-electron chi connectivity index (χ3n) is 16.4. The molecular weight excluding hydrogens is 941 g/mol. The first-order valence-corrected chi connectivity index (χ1v) is 26.2. The third-order valence-corrected chi connectivity index (χ3v) is 16.4. The van der Waals surface area contributed by atoms with Crippen molar-refractivity contribution in [3.05, 3.63) is 340 Å². The number of aryl methyl sites for hydroxylation is 2. The first-order valence-electron chi connectivity index (χ1n) is 26.2. The maximum Gasteiger partial charge on any atom is 0.126 e. The van der Waals surface area contributed by atoms with E-state index in [0.717, 1.165) is 117 Å². The first-order chi connectivity index (χ1) is 37.7. The minimum Gasteiger partial charge on any atom is -0.310 e. The fraction of sp³-hybridized carbons (Fsp3) is 0.0541. The summed E-state index contributed by atoms with van der Waals surface area (Å²) in [6.07, 6.45) is 3.71. The van der Waals surface area contributed by atoms with E-state index in [1.54, 1.807) is 12.1 Å². The van der Waals surface area contributed by atoms with E-state index in [4.69, 9.17) is 0 Å². The summed E-state index contributed by atoms with van der Waals surface area (Å²) in [7, 11) is 0. The zero-order valence-electron chi connectivity index (χ0n) is 42.9. The molecule has 11 aromatic carbocycles. The molecule has 0 heterocycles. The second kappa shape index (κ2) is 18.7. The summed E-state index contributed by atoms with van der Waals surface area (Å²) >= 11 is 0. The van der Waals surface area contributed by atoms with Crippen molar-refractivity contribution < 1.29 is 8.78 Å². The Morgan fingerprint density at radius 3 is 1.17 bits per heavy atom. The van der Waals surface area contributed by atoms with Crippen LogP contribution < -0.4 is 4.90 Å². The topological polar surface area (TPSA) is 3.24 Å². The minimum atomic E-state index is -0.892. The average Bonchev–Trinajstić information content (AvgIpc) is 3.98. The van der Waals surface area contributed by atoms with E-state index < -0.39 is 10.8 Å². The molecule has 0 bridgehead atoms. The summed E-state index contributed by atoms with van der Waals surface area (Å²) in [5, 5.41) is 0. The van der Waals surface area contributed by atoms with Crippen LogP contribution in [0.2, 0.25) is 0 Å². The Hall–Kier alpha value is -9.44. The van der Waals surface area contributed by atoms with Crippen LogP contribution in [-0.2, 0) is 10.8 Å². The first kappa shape index (κ1) is 47.3. The number of nitrogens with zero attached hydrogens (tertiary/aromatic N) is 1. The quantitative estimate of drug-likeness (QED) is 0.125. The standard InChI is InChI=1S/C74H53F2N/c1-5-50-25-33-56(34-26-50)73(58-31-23-48(3)71(75)44-58)67-21-12-10-19-63(67)65-41-39-61(46-69(65)73)77(60-37-29-53(30-38-60)55-18-14-17-54(43-55)52-15-8-7-9-16-52)62-40-42-66-64-20-11-13-22-68(64)74(70(66)47-62,57-35-27-51(6-2)28-36-57)59-32-24-49(4)72(76)45-59/h5-47H,1-2H2,3-4H3. The summed E-state index contributed by atoms with van der Waals surface area (Å²) in [6, 6.07) is 87.2. The molecule has 0 aromatic heterocycles. The highest BCUT2D eigenvalue weighted by molar-refractivity contribution is 5.93. The van der Waals surface area contributed by atoms with Crippen LogP contribution in [0.15, 0.2) is 262 Å². The Balaban J connectivity index is 1.07. The lowest BCUT2D eigenvalue weighted by molar-refractivity contribution is 0.611. The molecule has 2 unspecified atom stereocenters. The number of anilines is 3. The van der Waals surface area contributed by atoms with Gasteiger partial charge in [-0.1, -0.05) is 219 Å². The van der Waals surface area contributed by atoms with Crippen LogP contribution in [0, 0.1) is 25.5 Å². The summed E-state index contributed by atoms with van der Waals surface area (Å²) < 4.78 is 32.5. The number of rotatable bonds is 11.